The maximum absolute atomic E-state index is 14.0. The van der Waals surface area contributed by atoms with Gasteiger partial charge in [-0.3, -0.25) is 4.72 Å². The third-order valence-electron chi connectivity index (χ3n) is 4.01. The predicted octanol–water partition coefficient (Wildman–Crippen LogP) is 3.98. The number of nitrogens with two attached hydrogens (primary N) is 1. The Morgan fingerprint density at radius 3 is 2.27 bits per heavy atom. The fraction of sp³-hybridized carbons (Fsp3) is 0.0526. The van der Waals surface area contributed by atoms with Gasteiger partial charge < -0.3 is 5.73 Å². The van der Waals surface area contributed by atoms with Crippen LogP contribution in [-0.4, -0.2) is 16.8 Å². The number of nitrogens with one attached hydrogen (secondary N) is 1. The second kappa shape index (κ2) is 8.21. The molecule has 0 atom stereocenters. The van der Waals surface area contributed by atoms with Gasteiger partial charge in [-0.1, -0.05) is 23.7 Å². The zero-order chi connectivity index (χ0) is 22.1. The summed E-state index contributed by atoms with van der Waals surface area (Å²) in [5, 5.41) is 0.0511. The molecule has 3 aromatic rings. The average molecular weight is 473 g/mol. The van der Waals surface area contributed by atoms with Crippen molar-refractivity contribution in [3.05, 3.63) is 82.9 Å². The highest BCUT2D eigenvalue weighted by Crippen LogP contribution is 2.30. The predicted molar refractivity (Wildman–Crippen MR) is 110 cm³/mol. The summed E-state index contributed by atoms with van der Waals surface area (Å²) < 4.78 is 80.2. The van der Waals surface area contributed by atoms with Crippen LogP contribution in [0.2, 0.25) is 5.02 Å². The molecular formula is C19H15ClF2N2O4S2. The number of rotatable bonds is 6. The topological polar surface area (TPSA) is 106 Å². The van der Waals surface area contributed by atoms with Gasteiger partial charge in [0.05, 0.1) is 16.3 Å². The van der Waals surface area contributed by atoms with Gasteiger partial charge in [0.1, 0.15) is 16.5 Å². The van der Waals surface area contributed by atoms with Gasteiger partial charge >= 0.3 is 0 Å². The van der Waals surface area contributed by atoms with Crippen molar-refractivity contribution in [1.82, 2.24) is 0 Å². The first-order valence-electron chi connectivity index (χ1n) is 8.32. The number of anilines is 2. The molecule has 0 heterocycles. The van der Waals surface area contributed by atoms with Crippen molar-refractivity contribution in [2.45, 2.75) is 15.5 Å². The van der Waals surface area contributed by atoms with Crippen LogP contribution < -0.4 is 10.5 Å². The van der Waals surface area contributed by atoms with E-state index in [1.165, 1.54) is 12.1 Å². The number of halogens is 3. The molecule has 6 nitrogen and oxygen atoms in total. The van der Waals surface area contributed by atoms with E-state index in [0.29, 0.717) is 17.3 Å². The van der Waals surface area contributed by atoms with E-state index in [9.17, 15) is 25.6 Å². The second-order valence-electron chi connectivity index (χ2n) is 6.32. The van der Waals surface area contributed by atoms with E-state index >= 15 is 0 Å². The summed E-state index contributed by atoms with van der Waals surface area (Å²) >= 11 is 5.90. The fourth-order valence-electron chi connectivity index (χ4n) is 2.73. The minimum atomic E-state index is -4.57. The monoisotopic (exact) mass is 472 g/mol. The first kappa shape index (κ1) is 22.0. The third kappa shape index (κ3) is 4.89. The van der Waals surface area contributed by atoms with Crippen LogP contribution >= 0.6 is 11.6 Å². The minimum absolute atomic E-state index is 0.0511. The van der Waals surface area contributed by atoms with Crippen molar-refractivity contribution in [3.63, 3.8) is 0 Å². The van der Waals surface area contributed by atoms with Crippen molar-refractivity contribution < 1.29 is 25.6 Å². The highest BCUT2D eigenvalue weighted by atomic mass is 35.5. The molecule has 0 bridgehead atoms. The normalized spacial score (nSPS) is 12.0. The highest BCUT2D eigenvalue weighted by molar-refractivity contribution is 7.93. The zero-order valence-corrected chi connectivity index (χ0v) is 17.5. The van der Waals surface area contributed by atoms with Gasteiger partial charge in [0, 0.05) is 16.8 Å². The Labute approximate surface area is 177 Å². The van der Waals surface area contributed by atoms with Crippen LogP contribution in [0, 0.1) is 11.6 Å². The summed E-state index contributed by atoms with van der Waals surface area (Å²) in [4.78, 5) is -1.21. The van der Waals surface area contributed by atoms with E-state index in [1.54, 1.807) is 18.2 Å². The summed E-state index contributed by atoms with van der Waals surface area (Å²) in [5.74, 6) is -2.74. The Morgan fingerprint density at radius 2 is 1.60 bits per heavy atom. The fourth-order valence-corrected chi connectivity index (χ4v) is 5.59. The van der Waals surface area contributed by atoms with E-state index in [-0.39, 0.29) is 15.6 Å². The van der Waals surface area contributed by atoms with Crippen molar-refractivity contribution in [2.24, 2.45) is 0 Å². The maximum Gasteiger partial charge on any atom is 0.264 e. The molecule has 0 amide bonds. The van der Waals surface area contributed by atoms with Crippen LogP contribution in [0.15, 0.2) is 70.5 Å². The van der Waals surface area contributed by atoms with Gasteiger partial charge in [0.2, 0.25) is 0 Å². The van der Waals surface area contributed by atoms with E-state index in [1.807, 2.05) is 4.72 Å². The second-order valence-corrected chi connectivity index (χ2v) is 10.4. The Balaban J connectivity index is 2.03. The number of sulfonamides is 1. The van der Waals surface area contributed by atoms with Crippen LogP contribution in [0.25, 0.3) is 0 Å². The number of benzene rings is 3. The molecule has 0 spiro atoms. The Hall–Kier alpha value is -2.69. The molecule has 30 heavy (non-hydrogen) atoms. The van der Waals surface area contributed by atoms with Crippen LogP contribution in [0.1, 0.15) is 5.56 Å². The third-order valence-corrected chi connectivity index (χ3v) is 7.39. The van der Waals surface area contributed by atoms with E-state index in [4.69, 9.17) is 17.3 Å². The van der Waals surface area contributed by atoms with Gasteiger partial charge in [0.25, 0.3) is 10.0 Å². The van der Waals surface area contributed by atoms with Crippen LogP contribution in [-0.2, 0) is 25.6 Å². The summed E-state index contributed by atoms with van der Waals surface area (Å²) in [6.45, 7) is 0. The van der Waals surface area contributed by atoms with E-state index < -0.39 is 42.1 Å². The summed E-state index contributed by atoms with van der Waals surface area (Å²) in [6.07, 6.45) is 0. The zero-order valence-electron chi connectivity index (χ0n) is 15.1. The summed E-state index contributed by atoms with van der Waals surface area (Å²) in [7, 11) is -8.62. The van der Waals surface area contributed by atoms with E-state index in [2.05, 4.69) is 0 Å². The first-order valence-corrected chi connectivity index (χ1v) is 11.8. The van der Waals surface area contributed by atoms with Gasteiger partial charge in [-0.15, -0.1) is 0 Å². The molecule has 3 aromatic carbocycles. The number of nitrogen functional groups attached to an aromatic ring is 1. The van der Waals surface area contributed by atoms with Gasteiger partial charge in [-0.05, 0) is 48.0 Å². The standard InChI is InChI=1S/C19H15ClF2N2O4S2/c20-13-4-6-19(29(25,26)11-12-2-1-3-15(23)8-12)17(9-13)24-30(27,28)18-7-5-14(21)10-16(18)22/h1-10,24H,11,23H2. The van der Waals surface area contributed by atoms with Crippen molar-refractivity contribution in [3.8, 4) is 0 Å². The largest absolute Gasteiger partial charge is 0.399 e. The molecule has 158 valence electrons. The highest BCUT2D eigenvalue weighted by Gasteiger charge is 2.25. The molecule has 0 aliphatic carbocycles. The quantitative estimate of drug-likeness (QED) is 0.528. The molecule has 0 radical (unpaired) electrons. The molecule has 3 N–H and O–H groups in total. The van der Waals surface area contributed by atoms with Gasteiger partial charge in [-0.25, -0.2) is 25.6 Å². The summed E-state index contributed by atoms with van der Waals surface area (Å²) in [5.41, 5.74) is 6.07. The van der Waals surface area contributed by atoms with Crippen molar-refractivity contribution in [2.75, 3.05) is 10.5 Å². The lowest BCUT2D eigenvalue weighted by Gasteiger charge is -2.14. The van der Waals surface area contributed by atoms with Crippen molar-refractivity contribution >= 4 is 42.8 Å². The Kier molecular flexibility index (Phi) is 6.02. The first-order chi connectivity index (χ1) is 14.0. The van der Waals surface area contributed by atoms with Crippen molar-refractivity contribution in [1.29, 1.82) is 0 Å². The minimum Gasteiger partial charge on any atom is -0.399 e. The van der Waals surface area contributed by atoms with Gasteiger partial charge in [0.15, 0.2) is 9.84 Å². The maximum atomic E-state index is 14.0. The SMILES string of the molecule is Nc1cccc(CS(=O)(=O)c2ccc(Cl)cc2NS(=O)(=O)c2ccc(F)cc2F)c1. The average Bonchev–Trinajstić information content (AvgIpc) is 2.60. The molecule has 11 heteroatoms. The lowest BCUT2D eigenvalue weighted by atomic mass is 10.2. The Morgan fingerprint density at radius 1 is 0.900 bits per heavy atom. The lowest BCUT2D eigenvalue weighted by molar-refractivity contribution is 0.551. The van der Waals surface area contributed by atoms with Crippen LogP contribution in [0.4, 0.5) is 20.2 Å². The molecule has 0 saturated heterocycles. The molecule has 0 aromatic heterocycles. The molecule has 0 saturated carbocycles. The van der Waals surface area contributed by atoms with Gasteiger partial charge in [-0.2, -0.15) is 0 Å². The number of hydrogen-bond donors (Lipinski definition) is 2. The lowest BCUT2D eigenvalue weighted by Crippen LogP contribution is -2.17. The van der Waals surface area contributed by atoms with Crippen LogP contribution in [0.3, 0.4) is 0 Å². The molecule has 3 rings (SSSR count). The van der Waals surface area contributed by atoms with Crippen LogP contribution in [0.5, 0.6) is 0 Å². The molecule has 0 unspecified atom stereocenters. The molecule has 0 fully saturated rings. The number of hydrogen-bond acceptors (Lipinski definition) is 5. The summed E-state index contributed by atoms with van der Waals surface area (Å²) in [6, 6.07) is 11.6. The van der Waals surface area contributed by atoms with E-state index in [0.717, 1.165) is 24.3 Å². The Bertz CT molecular complexity index is 1330. The smallest absolute Gasteiger partial charge is 0.264 e. The molecule has 0 aliphatic heterocycles. The molecule has 0 aliphatic rings. The molecular weight excluding hydrogens is 458 g/mol. The number of sulfone groups is 1.